The van der Waals surface area contributed by atoms with Gasteiger partial charge in [-0.1, -0.05) is 6.92 Å². The molecule has 0 radical (unpaired) electrons. The highest BCUT2D eigenvalue weighted by Crippen LogP contribution is 2.02. The van der Waals surface area contributed by atoms with Crippen LogP contribution in [0.1, 0.15) is 13.3 Å². The number of nitrogens with zero attached hydrogens (tertiary/aromatic N) is 1. The molecule has 0 aliphatic heterocycles. The minimum absolute atomic E-state index is 0.143. The van der Waals surface area contributed by atoms with Crippen molar-refractivity contribution >= 4 is 10.0 Å². The Morgan fingerprint density at radius 2 is 1.93 bits per heavy atom. The van der Waals surface area contributed by atoms with E-state index in [0.29, 0.717) is 10.8 Å². The van der Waals surface area contributed by atoms with Crippen LogP contribution < -0.4 is 5.32 Å². The van der Waals surface area contributed by atoms with E-state index >= 15 is 0 Å². The molecule has 92 valence electrons. The van der Waals surface area contributed by atoms with Gasteiger partial charge in [-0.3, -0.25) is 0 Å². The van der Waals surface area contributed by atoms with Crippen molar-refractivity contribution in [2.24, 2.45) is 0 Å². The first kappa shape index (κ1) is 14.7. The Balaban J connectivity index is 3.95. The Bertz CT molecular complexity index is 257. The lowest BCUT2D eigenvalue weighted by molar-refractivity contribution is 0.126. The summed E-state index contributed by atoms with van der Waals surface area (Å²) < 4.78 is 47.3. The molecule has 0 atom stereocenters. The maximum atomic E-state index is 11.9. The van der Waals surface area contributed by atoms with Crippen molar-refractivity contribution in [2.75, 3.05) is 32.4 Å². The molecular formula is C8H18F2N2O2S. The van der Waals surface area contributed by atoms with Crippen LogP contribution in [0.2, 0.25) is 0 Å². The van der Waals surface area contributed by atoms with E-state index in [1.165, 1.54) is 7.05 Å². The van der Waals surface area contributed by atoms with Crippen molar-refractivity contribution < 1.29 is 17.2 Å². The predicted molar refractivity (Wildman–Crippen MR) is 55.6 cm³/mol. The summed E-state index contributed by atoms with van der Waals surface area (Å²) in [6.45, 7) is 2.25. The van der Waals surface area contributed by atoms with Gasteiger partial charge in [-0.25, -0.2) is 17.2 Å². The normalized spacial score (nSPS) is 12.7. The van der Waals surface area contributed by atoms with Crippen LogP contribution in [0.15, 0.2) is 0 Å². The number of hydrogen-bond donors (Lipinski definition) is 1. The summed E-state index contributed by atoms with van der Waals surface area (Å²) in [6.07, 6.45) is -1.72. The molecule has 0 saturated carbocycles. The molecule has 0 bridgehead atoms. The molecule has 0 aromatic rings. The Hall–Kier alpha value is -0.270. The smallest absolute Gasteiger partial charge is 0.252 e. The molecule has 7 heteroatoms. The number of nitrogens with one attached hydrogen (secondary N) is 1. The van der Waals surface area contributed by atoms with Gasteiger partial charge < -0.3 is 5.32 Å². The molecule has 0 spiro atoms. The van der Waals surface area contributed by atoms with Crippen LogP contribution in [-0.4, -0.2) is 51.6 Å². The maximum absolute atomic E-state index is 11.9. The summed E-state index contributed by atoms with van der Waals surface area (Å²) in [5, 5.41) is 2.91. The van der Waals surface area contributed by atoms with Gasteiger partial charge in [0.1, 0.15) is 0 Å². The predicted octanol–water partition coefficient (Wildman–Crippen LogP) is 0.513. The van der Waals surface area contributed by atoms with E-state index in [-0.39, 0.29) is 5.75 Å². The molecule has 15 heavy (non-hydrogen) atoms. The van der Waals surface area contributed by atoms with Crippen molar-refractivity contribution in [3.8, 4) is 0 Å². The Labute approximate surface area is 89.7 Å². The lowest BCUT2D eigenvalue weighted by atomic mass is 10.5. The third-order valence-corrected chi connectivity index (χ3v) is 3.65. The van der Waals surface area contributed by atoms with Crippen LogP contribution in [0.25, 0.3) is 0 Å². The van der Waals surface area contributed by atoms with Crippen LogP contribution in [0, 0.1) is 0 Å². The molecule has 0 aliphatic rings. The molecule has 0 amide bonds. The number of alkyl halides is 2. The molecule has 0 unspecified atom stereocenters. The molecule has 4 nitrogen and oxygen atoms in total. The van der Waals surface area contributed by atoms with Crippen molar-refractivity contribution in [3.05, 3.63) is 0 Å². The Morgan fingerprint density at radius 3 is 2.40 bits per heavy atom. The largest absolute Gasteiger partial charge is 0.316 e. The van der Waals surface area contributed by atoms with Gasteiger partial charge >= 0.3 is 0 Å². The van der Waals surface area contributed by atoms with Crippen LogP contribution in [-0.2, 0) is 10.0 Å². The van der Waals surface area contributed by atoms with Crippen LogP contribution in [0.4, 0.5) is 8.78 Å². The van der Waals surface area contributed by atoms with Gasteiger partial charge in [-0.2, -0.15) is 4.31 Å². The number of halogens is 2. The fourth-order valence-electron chi connectivity index (χ4n) is 0.967. The van der Waals surface area contributed by atoms with E-state index in [9.17, 15) is 17.2 Å². The van der Waals surface area contributed by atoms with Crippen LogP contribution >= 0.6 is 0 Å². The lowest BCUT2D eigenvalue weighted by Crippen LogP contribution is -2.36. The second kappa shape index (κ2) is 7.08. The fourth-order valence-corrected chi connectivity index (χ4v) is 2.02. The minimum Gasteiger partial charge on any atom is -0.316 e. The highest BCUT2D eigenvalue weighted by molar-refractivity contribution is 7.89. The maximum Gasteiger partial charge on any atom is 0.252 e. The average Bonchev–Trinajstić information content (AvgIpc) is 2.11. The average molecular weight is 244 g/mol. The van der Waals surface area contributed by atoms with Gasteiger partial charge in [0, 0.05) is 13.6 Å². The first-order valence-electron chi connectivity index (χ1n) is 4.83. The molecule has 0 aliphatic carbocycles. The van der Waals surface area contributed by atoms with Crippen molar-refractivity contribution in [3.63, 3.8) is 0 Å². The van der Waals surface area contributed by atoms with E-state index < -0.39 is 23.0 Å². The van der Waals surface area contributed by atoms with Crippen molar-refractivity contribution in [2.45, 2.75) is 19.8 Å². The van der Waals surface area contributed by atoms with Gasteiger partial charge in [-0.05, 0) is 13.0 Å². The summed E-state index contributed by atoms with van der Waals surface area (Å²) in [5.74, 6) is -0.143. The summed E-state index contributed by atoms with van der Waals surface area (Å²) in [5.41, 5.74) is 0. The van der Waals surface area contributed by atoms with Crippen molar-refractivity contribution in [1.29, 1.82) is 0 Å². The van der Waals surface area contributed by atoms with E-state index in [0.717, 1.165) is 13.0 Å². The SMILES string of the molecule is CCCNCCS(=O)(=O)N(C)CC(F)F. The first-order valence-corrected chi connectivity index (χ1v) is 6.44. The topological polar surface area (TPSA) is 49.4 Å². The van der Waals surface area contributed by atoms with Gasteiger partial charge in [0.15, 0.2) is 0 Å². The molecular weight excluding hydrogens is 226 g/mol. The molecule has 0 aromatic carbocycles. The highest BCUT2D eigenvalue weighted by Gasteiger charge is 2.20. The van der Waals surface area contributed by atoms with E-state index in [1.54, 1.807) is 0 Å². The molecule has 0 heterocycles. The van der Waals surface area contributed by atoms with Gasteiger partial charge in [-0.15, -0.1) is 0 Å². The molecule has 1 N–H and O–H groups in total. The minimum atomic E-state index is -3.54. The zero-order valence-electron chi connectivity index (χ0n) is 9.04. The quantitative estimate of drug-likeness (QED) is 0.633. The van der Waals surface area contributed by atoms with E-state index in [4.69, 9.17) is 0 Å². The second-order valence-electron chi connectivity index (χ2n) is 3.24. The first-order chi connectivity index (χ1) is 6.90. The standard InChI is InChI=1S/C8H18F2N2O2S/c1-3-4-11-5-6-15(13,14)12(2)7-8(9)10/h8,11H,3-7H2,1-2H3. The van der Waals surface area contributed by atoms with Gasteiger partial charge in [0.2, 0.25) is 10.0 Å². The van der Waals surface area contributed by atoms with Gasteiger partial charge in [0.05, 0.1) is 12.3 Å². The summed E-state index contributed by atoms with van der Waals surface area (Å²) in [7, 11) is -2.38. The molecule has 0 fully saturated rings. The zero-order chi connectivity index (χ0) is 11.9. The lowest BCUT2D eigenvalue weighted by Gasteiger charge is -2.16. The van der Waals surface area contributed by atoms with E-state index in [1.807, 2.05) is 6.92 Å². The monoisotopic (exact) mass is 244 g/mol. The molecule has 0 saturated heterocycles. The third kappa shape index (κ3) is 6.75. The third-order valence-electron chi connectivity index (χ3n) is 1.83. The van der Waals surface area contributed by atoms with Crippen LogP contribution in [0.3, 0.4) is 0 Å². The zero-order valence-corrected chi connectivity index (χ0v) is 9.86. The Kier molecular flexibility index (Phi) is 6.95. The summed E-state index contributed by atoms with van der Waals surface area (Å²) in [4.78, 5) is 0. The summed E-state index contributed by atoms with van der Waals surface area (Å²) in [6, 6.07) is 0. The second-order valence-corrected chi connectivity index (χ2v) is 5.43. The van der Waals surface area contributed by atoms with E-state index in [2.05, 4.69) is 5.32 Å². The fraction of sp³-hybridized carbons (Fsp3) is 1.00. The van der Waals surface area contributed by atoms with Crippen molar-refractivity contribution in [1.82, 2.24) is 9.62 Å². The number of rotatable bonds is 8. The van der Waals surface area contributed by atoms with Crippen LogP contribution in [0.5, 0.6) is 0 Å². The van der Waals surface area contributed by atoms with Gasteiger partial charge in [0.25, 0.3) is 6.43 Å². The number of sulfonamides is 1. The number of hydrogen-bond acceptors (Lipinski definition) is 3. The summed E-state index contributed by atoms with van der Waals surface area (Å²) >= 11 is 0. The Morgan fingerprint density at radius 1 is 1.33 bits per heavy atom. The molecule has 0 rings (SSSR count). The highest BCUT2D eigenvalue weighted by atomic mass is 32.2. The molecule has 0 aromatic heterocycles.